The van der Waals surface area contributed by atoms with Crippen LogP contribution in [-0.2, 0) is 11.0 Å². The highest BCUT2D eigenvalue weighted by Crippen LogP contribution is 2.32. The average Bonchev–Trinajstić information content (AvgIpc) is 3.22. The molecular weight excluding hydrogens is 403 g/mol. The van der Waals surface area contributed by atoms with Gasteiger partial charge in [0.15, 0.2) is 8.03 Å². The monoisotopic (exact) mass is 428 g/mol. The van der Waals surface area contributed by atoms with Crippen molar-refractivity contribution in [1.82, 2.24) is 0 Å². The second-order valence-corrected chi connectivity index (χ2v) is 9.69. The summed E-state index contributed by atoms with van der Waals surface area (Å²) in [5.41, 5.74) is 9.30. The van der Waals surface area contributed by atoms with Gasteiger partial charge < -0.3 is 15.9 Å². The van der Waals surface area contributed by atoms with E-state index in [1.807, 2.05) is 55.6 Å². The molecule has 2 unspecified atom stereocenters. The van der Waals surface area contributed by atoms with Crippen LogP contribution in [0.5, 0.6) is 0 Å². The van der Waals surface area contributed by atoms with Gasteiger partial charge >= 0.3 is 0 Å². The summed E-state index contributed by atoms with van der Waals surface area (Å²) >= 11 is 1.62. The summed E-state index contributed by atoms with van der Waals surface area (Å²) in [6, 6.07) is 16.7. The molecule has 0 aliphatic rings. The minimum absolute atomic E-state index is 0.118. The Labute approximate surface area is 175 Å². The van der Waals surface area contributed by atoms with Crippen molar-refractivity contribution < 1.29 is 14.3 Å². The highest BCUT2D eigenvalue weighted by atomic mass is 32.1. The number of hydrogen-bond acceptors (Lipinski definition) is 4. The molecule has 0 aliphatic heterocycles. The van der Waals surface area contributed by atoms with Crippen molar-refractivity contribution in [3.8, 4) is 10.4 Å². The molecule has 0 aliphatic carbocycles. The van der Waals surface area contributed by atoms with Crippen molar-refractivity contribution in [1.29, 1.82) is 0 Å². The Kier molecular flexibility index (Phi) is 6.91. The number of nitrogen functional groups attached to an aromatic ring is 1. The zero-order valence-corrected chi connectivity index (χ0v) is 18.2. The molecule has 2 aromatic carbocycles. The Bertz CT molecular complexity index is 1000. The Balaban J connectivity index is 1.73. The first-order valence-electron chi connectivity index (χ1n) is 9.41. The summed E-state index contributed by atoms with van der Waals surface area (Å²) in [5, 5.41) is 4.88. The van der Waals surface area contributed by atoms with Gasteiger partial charge in [0.1, 0.15) is 0 Å². The van der Waals surface area contributed by atoms with Gasteiger partial charge in [0.2, 0.25) is 0 Å². The quantitative estimate of drug-likeness (QED) is 0.352. The molecule has 7 heteroatoms. The van der Waals surface area contributed by atoms with Gasteiger partial charge in [-0.3, -0.25) is 9.36 Å². The van der Waals surface area contributed by atoms with Crippen molar-refractivity contribution in [2.75, 3.05) is 11.1 Å². The van der Waals surface area contributed by atoms with Gasteiger partial charge in [-0.2, -0.15) is 0 Å². The number of anilines is 2. The summed E-state index contributed by atoms with van der Waals surface area (Å²) in [6.07, 6.45) is 0.518. The molecule has 3 rings (SSSR count). The van der Waals surface area contributed by atoms with Crippen molar-refractivity contribution >= 4 is 36.6 Å². The number of amides is 1. The van der Waals surface area contributed by atoms with Crippen LogP contribution in [0.15, 0.2) is 60.0 Å². The molecule has 3 aromatic rings. The maximum absolute atomic E-state index is 12.7. The third kappa shape index (κ3) is 5.36. The van der Waals surface area contributed by atoms with Gasteiger partial charge in [-0.1, -0.05) is 38.1 Å². The van der Waals surface area contributed by atoms with E-state index < -0.39 is 8.03 Å². The van der Waals surface area contributed by atoms with E-state index in [-0.39, 0.29) is 17.5 Å². The van der Waals surface area contributed by atoms with Crippen LogP contribution >= 0.6 is 19.4 Å². The fraction of sp³-hybridized carbons (Fsp3) is 0.227. The molecule has 29 heavy (non-hydrogen) atoms. The van der Waals surface area contributed by atoms with Gasteiger partial charge in [0.25, 0.3) is 5.91 Å². The minimum Gasteiger partial charge on any atom is -0.397 e. The van der Waals surface area contributed by atoms with Crippen LogP contribution in [0.25, 0.3) is 10.4 Å². The van der Waals surface area contributed by atoms with Crippen molar-refractivity contribution in [3.63, 3.8) is 0 Å². The summed E-state index contributed by atoms with van der Waals surface area (Å²) in [4.78, 5) is 23.3. The lowest BCUT2D eigenvalue weighted by Crippen LogP contribution is -2.15. The SMILES string of the molecule is CC(C)C(Cc1ccc(C(=O)Nc2cc(-c3cccs3)ccc2N)cc1)[PH](=O)O. The number of carbonyl (C=O) groups excluding carboxylic acids is 1. The number of hydrogen-bond donors (Lipinski definition) is 3. The third-order valence-electron chi connectivity index (χ3n) is 4.90. The van der Waals surface area contributed by atoms with Crippen LogP contribution in [0.1, 0.15) is 29.8 Å². The maximum atomic E-state index is 12.7. The molecule has 0 saturated heterocycles. The summed E-state index contributed by atoms with van der Waals surface area (Å²) in [6.45, 7) is 3.89. The largest absolute Gasteiger partial charge is 0.397 e. The fourth-order valence-corrected chi connectivity index (χ4v) is 4.81. The number of nitrogens with two attached hydrogens (primary N) is 1. The van der Waals surface area contributed by atoms with E-state index >= 15 is 0 Å². The fourth-order valence-electron chi connectivity index (χ4n) is 3.11. The summed E-state index contributed by atoms with van der Waals surface area (Å²) < 4.78 is 11.6. The summed E-state index contributed by atoms with van der Waals surface area (Å²) in [5.74, 6) is -0.129. The molecular formula is C22H25N2O3PS. The Morgan fingerprint density at radius 3 is 2.48 bits per heavy atom. The molecule has 0 saturated carbocycles. The Morgan fingerprint density at radius 1 is 1.17 bits per heavy atom. The van der Waals surface area contributed by atoms with Crippen LogP contribution < -0.4 is 11.1 Å². The molecule has 2 atom stereocenters. The van der Waals surface area contributed by atoms with Gasteiger partial charge in [0.05, 0.1) is 11.4 Å². The lowest BCUT2D eigenvalue weighted by atomic mass is 10.0. The zero-order chi connectivity index (χ0) is 21.0. The van der Waals surface area contributed by atoms with Crippen molar-refractivity contribution in [2.24, 2.45) is 5.92 Å². The maximum Gasteiger partial charge on any atom is 0.255 e. The molecule has 5 nitrogen and oxygen atoms in total. The molecule has 0 radical (unpaired) electrons. The lowest BCUT2D eigenvalue weighted by Gasteiger charge is -2.17. The smallest absolute Gasteiger partial charge is 0.255 e. The first-order valence-corrected chi connectivity index (χ1v) is 11.7. The van der Waals surface area contributed by atoms with Gasteiger partial charge in [-0.15, -0.1) is 11.3 Å². The highest BCUT2D eigenvalue weighted by Gasteiger charge is 2.19. The third-order valence-corrected chi connectivity index (χ3v) is 7.32. The van der Waals surface area contributed by atoms with E-state index in [2.05, 4.69) is 5.32 Å². The van der Waals surface area contributed by atoms with E-state index in [1.54, 1.807) is 29.5 Å². The normalized spacial score (nSPS) is 13.2. The van der Waals surface area contributed by atoms with Crippen LogP contribution in [-0.4, -0.2) is 16.5 Å². The number of rotatable bonds is 7. The van der Waals surface area contributed by atoms with Crippen LogP contribution in [0.4, 0.5) is 11.4 Å². The molecule has 0 bridgehead atoms. The molecule has 1 heterocycles. The number of nitrogens with one attached hydrogen (secondary N) is 1. The number of benzene rings is 2. The first-order chi connectivity index (χ1) is 13.8. The van der Waals surface area contributed by atoms with Crippen LogP contribution in [0, 0.1) is 5.92 Å². The molecule has 4 N–H and O–H groups in total. The molecule has 152 valence electrons. The Morgan fingerprint density at radius 2 is 1.90 bits per heavy atom. The van der Waals surface area contributed by atoms with Gasteiger partial charge in [-0.25, -0.2) is 0 Å². The second kappa shape index (κ2) is 9.40. The zero-order valence-electron chi connectivity index (χ0n) is 16.4. The average molecular weight is 428 g/mol. The van der Waals surface area contributed by atoms with E-state index in [0.29, 0.717) is 23.4 Å². The highest BCUT2D eigenvalue weighted by molar-refractivity contribution is 7.38. The standard InChI is InChI=1S/C22H25N2O3PS/c1-14(2)20(28(26)27)12-15-5-7-16(8-6-15)22(25)24-19-13-17(9-10-18(19)23)21-4-3-11-29-21/h3-11,13-14,20,28H,12,23H2,1-2H3,(H,24,25)(H,26,27). The molecule has 1 aromatic heterocycles. The van der Waals surface area contributed by atoms with E-state index in [4.69, 9.17) is 5.73 Å². The molecule has 0 fully saturated rings. The first kappa shape index (κ1) is 21.3. The topological polar surface area (TPSA) is 92.4 Å². The van der Waals surface area contributed by atoms with Gasteiger partial charge in [-0.05, 0) is 59.2 Å². The lowest BCUT2D eigenvalue weighted by molar-refractivity contribution is 0.102. The number of thiophene rings is 1. The van der Waals surface area contributed by atoms with Crippen LogP contribution in [0.3, 0.4) is 0 Å². The van der Waals surface area contributed by atoms with E-state index in [1.165, 1.54) is 0 Å². The Hall–Kier alpha value is -2.40. The predicted octanol–water partition coefficient (Wildman–Crippen LogP) is 5.28. The van der Waals surface area contributed by atoms with E-state index in [9.17, 15) is 14.3 Å². The van der Waals surface area contributed by atoms with Crippen LogP contribution in [0.2, 0.25) is 0 Å². The minimum atomic E-state index is -2.61. The molecule has 0 spiro atoms. The van der Waals surface area contributed by atoms with Crippen molar-refractivity contribution in [2.45, 2.75) is 25.9 Å². The van der Waals surface area contributed by atoms with Gasteiger partial charge in [0, 0.05) is 16.1 Å². The second-order valence-electron chi connectivity index (χ2n) is 7.32. The number of carbonyl (C=O) groups is 1. The van der Waals surface area contributed by atoms with E-state index in [0.717, 1.165) is 16.0 Å². The van der Waals surface area contributed by atoms with Crippen molar-refractivity contribution in [3.05, 3.63) is 71.1 Å². The molecule has 1 amide bonds. The summed E-state index contributed by atoms with van der Waals surface area (Å²) in [7, 11) is -2.61. The predicted molar refractivity (Wildman–Crippen MR) is 122 cm³/mol.